The Morgan fingerprint density at radius 3 is 2.95 bits per heavy atom. The second-order valence-corrected chi connectivity index (χ2v) is 5.27. The monoisotopic (exact) mass is 276 g/mol. The number of ether oxygens (including phenoxy) is 2. The van der Waals surface area contributed by atoms with Gasteiger partial charge in [-0.15, -0.1) is 11.8 Å². The van der Waals surface area contributed by atoms with Crippen LogP contribution in [0.1, 0.15) is 20.3 Å². The van der Waals surface area contributed by atoms with Crippen LogP contribution in [0.2, 0.25) is 0 Å². The van der Waals surface area contributed by atoms with Crippen LogP contribution in [0.15, 0.2) is 46.9 Å². The van der Waals surface area contributed by atoms with Gasteiger partial charge in [0.15, 0.2) is 11.5 Å². The summed E-state index contributed by atoms with van der Waals surface area (Å²) in [7, 11) is 0. The number of para-hydroxylation sites is 1. The molecule has 0 fully saturated rings. The van der Waals surface area contributed by atoms with Gasteiger partial charge in [-0.25, -0.2) is 0 Å². The zero-order valence-corrected chi connectivity index (χ0v) is 12.3. The molecule has 2 rings (SSSR count). The van der Waals surface area contributed by atoms with Gasteiger partial charge in [0.05, 0.1) is 4.90 Å². The summed E-state index contributed by atoms with van der Waals surface area (Å²) in [4.78, 5) is 1.16. The van der Waals surface area contributed by atoms with E-state index >= 15 is 0 Å². The van der Waals surface area contributed by atoms with Crippen LogP contribution in [0.25, 0.3) is 0 Å². The standard InChI is InChI=1S/C16H20O2S/c1-3-6-13(7-4-2)12-19-15-9-5-8-14-16(15)18-11-10-17-14/h3,5-9H,4,10-12H2,1-2H3/b6-3-,13-7+. The summed E-state index contributed by atoms with van der Waals surface area (Å²) < 4.78 is 11.3. The van der Waals surface area contributed by atoms with Crippen LogP contribution >= 0.6 is 11.8 Å². The minimum atomic E-state index is 0.636. The van der Waals surface area contributed by atoms with E-state index in [0.717, 1.165) is 28.6 Å². The summed E-state index contributed by atoms with van der Waals surface area (Å²) in [5.74, 6) is 2.72. The Hall–Kier alpha value is -1.35. The van der Waals surface area contributed by atoms with Crippen LogP contribution in [-0.2, 0) is 0 Å². The van der Waals surface area contributed by atoms with Crippen LogP contribution < -0.4 is 9.47 Å². The Morgan fingerprint density at radius 1 is 1.32 bits per heavy atom. The van der Waals surface area contributed by atoms with Crippen molar-refractivity contribution in [3.63, 3.8) is 0 Å². The van der Waals surface area contributed by atoms with Gasteiger partial charge in [0.25, 0.3) is 0 Å². The average molecular weight is 276 g/mol. The van der Waals surface area contributed by atoms with Gasteiger partial charge in [0.1, 0.15) is 13.2 Å². The first-order chi connectivity index (χ1) is 9.35. The Balaban J connectivity index is 2.09. The first-order valence-corrected chi connectivity index (χ1v) is 7.66. The van der Waals surface area contributed by atoms with Gasteiger partial charge in [0, 0.05) is 5.75 Å². The first kappa shape index (κ1) is 14.1. The number of thioether (sulfide) groups is 1. The number of benzene rings is 1. The predicted octanol–water partition coefficient (Wildman–Crippen LogP) is 4.46. The maximum Gasteiger partial charge on any atom is 0.174 e. The molecule has 2 nitrogen and oxygen atoms in total. The molecule has 0 aromatic heterocycles. The quantitative estimate of drug-likeness (QED) is 0.584. The van der Waals surface area contributed by atoms with E-state index < -0.39 is 0 Å². The Bertz CT molecular complexity index is 478. The lowest BCUT2D eigenvalue weighted by atomic mass is 10.2. The van der Waals surface area contributed by atoms with Gasteiger partial charge < -0.3 is 9.47 Å². The van der Waals surface area contributed by atoms with Crippen LogP contribution in [-0.4, -0.2) is 19.0 Å². The Labute approximate surface area is 119 Å². The fourth-order valence-corrected chi connectivity index (χ4v) is 2.97. The number of fused-ring (bicyclic) bond motifs is 1. The molecule has 0 bridgehead atoms. The van der Waals surface area contributed by atoms with Crippen molar-refractivity contribution < 1.29 is 9.47 Å². The van der Waals surface area contributed by atoms with Crippen molar-refractivity contribution in [2.75, 3.05) is 19.0 Å². The third-order valence-corrected chi connectivity index (χ3v) is 3.88. The molecule has 0 saturated heterocycles. The Morgan fingerprint density at radius 2 is 2.16 bits per heavy atom. The first-order valence-electron chi connectivity index (χ1n) is 6.68. The van der Waals surface area contributed by atoms with E-state index in [0.29, 0.717) is 13.2 Å². The number of hydrogen-bond acceptors (Lipinski definition) is 3. The molecule has 0 aliphatic carbocycles. The lowest BCUT2D eigenvalue weighted by Crippen LogP contribution is -2.15. The summed E-state index contributed by atoms with van der Waals surface area (Å²) >= 11 is 1.80. The summed E-state index contributed by atoms with van der Waals surface area (Å²) in [6.45, 7) is 5.49. The van der Waals surface area contributed by atoms with Crippen LogP contribution in [0.5, 0.6) is 11.5 Å². The third-order valence-electron chi connectivity index (χ3n) is 2.77. The molecule has 19 heavy (non-hydrogen) atoms. The summed E-state index contributed by atoms with van der Waals surface area (Å²) in [5.41, 5.74) is 1.35. The molecule has 0 N–H and O–H groups in total. The highest BCUT2D eigenvalue weighted by atomic mass is 32.2. The van der Waals surface area contributed by atoms with E-state index in [9.17, 15) is 0 Å². The van der Waals surface area contributed by atoms with Crippen LogP contribution in [0, 0.1) is 0 Å². The minimum absolute atomic E-state index is 0.636. The van der Waals surface area contributed by atoms with Crippen molar-refractivity contribution in [2.24, 2.45) is 0 Å². The van der Waals surface area contributed by atoms with E-state index in [-0.39, 0.29) is 0 Å². The maximum absolute atomic E-state index is 5.72. The van der Waals surface area contributed by atoms with E-state index in [4.69, 9.17) is 9.47 Å². The molecule has 0 radical (unpaired) electrons. The molecule has 102 valence electrons. The lowest BCUT2D eigenvalue weighted by molar-refractivity contribution is 0.167. The van der Waals surface area contributed by atoms with E-state index in [1.54, 1.807) is 11.8 Å². The van der Waals surface area contributed by atoms with Crippen LogP contribution in [0.4, 0.5) is 0 Å². The SMILES string of the molecule is C/C=C\C(=C/CC)CSc1cccc2c1OCCO2. The maximum atomic E-state index is 5.72. The number of allylic oxidation sites excluding steroid dienone is 3. The highest BCUT2D eigenvalue weighted by Gasteiger charge is 2.15. The topological polar surface area (TPSA) is 18.5 Å². The molecular formula is C16H20O2S. The van der Waals surface area contributed by atoms with Crippen LogP contribution in [0.3, 0.4) is 0 Å². The number of rotatable bonds is 5. The van der Waals surface area contributed by atoms with Gasteiger partial charge >= 0.3 is 0 Å². The van der Waals surface area contributed by atoms with Gasteiger partial charge in [-0.1, -0.05) is 31.2 Å². The highest BCUT2D eigenvalue weighted by molar-refractivity contribution is 7.99. The van der Waals surface area contributed by atoms with Crippen molar-refractivity contribution in [3.05, 3.63) is 42.0 Å². The predicted molar refractivity (Wildman–Crippen MR) is 81.3 cm³/mol. The molecule has 1 aliphatic rings. The second-order valence-electron chi connectivity index (χ2n) is 4.26. The Kier molecular flexibility index (Phi) is 5.40. The smallest absolute Gasteiger partial charge is 0.174 e. The lowest BCUT2D eigenvalue weighted by Gasteiger charge is -2.20. The zero-order chi connectivity index (χ0) is 13.5. The molecule has 0 amide bonds. The summed E-state index contributed by atoms with van der Waals surface area (Å²) in [6.07, 6.45) is 7.58. The minimum Gasteiger partial charge on any atom is -0.486 e. The molecule has 1 heterocycles. The van der Waals surface area contributed by atoms with Gasteiger partial charge in [-0.2, -0.15) is 0 Å². The molecule has 0 spiro atoms. The van der Waals surface area contributed by atoms with Crippen molar-refractivity contribution in [1.82, 2.24) is 0 Å². The van der Waals surface area contributed by atoms with Crippen molar-refractivity contribution >= 4 is 11.8 Å². The number of hydrogen-bond donors (Lipinski definition) is 0. The molecule has 1 aromatic carbocycles. The second kappa shape index (κ2) is 7.29. The van der Waals surface area contributed by atoms with E-state index in [1.807, 2.05) is 12.1 Å². The van der Waals surface area contributed by atoms with E-state index in [1.165, 1.54) is 5.57 Å². The average Bonchev–Trinajstić information content (AvgIpc) is 2.45. The largest absolute Gasteiger partial charge is 0.486 e. The molecule has 3 heteroatoms. The fraction of sp³-hybridized carbons (Fsp3) is 0.375. The molecule has 0 atom stereocenters. The molecule has 1 aliphatic heterocycles. The fourth-order valence-electron chi connectivity index (χ4n) is 1.97. The zero-order valence-electron chi connectivity index (χ0n) is 11.5. The highest BCUT2D eigenvalue weighted by Crippen LogP contribution is 2.39. The van der Waals surface area contributed by atoms with Crippen molar-refractivity contribution in [2.45, 2.75) is 25.2 Å². The van der Waals surface area contributed by atoms with Gasteiger partial charge in [-0.05, 0) is 31.1 Å². The van der Waals surface area contributed by atoms with E-state index in [2.05, 4.69) is 38.1 Å². The molecule has 0 unspecified atom stereocenters. The van der Waals surface area contributed by atoms with Crippen molar-refractivity contribution in [3.8, 4) is 11.5 Å². The van der Waals surface area contributed by atoms with Crippen molar-refractivity contribution in [1.29, 1.82) is 0 Å². The summed E-state index contributed by atoms with van der Waals surface area (Å²) in [6, 6.07) is 6.08. The molecule has 0 saturated carbocycles. The summed E-state index contributed by atoms with van der Waals surface area (Å²) in [5, 5.41) is 0. The molecule has 1 aromatic rings. The van der Waals surface area contributed by atoms with Gasteiger partial charge in [0.2, 0.25) is 0 Å². The van der Waals surface area contributed by atoms with Gasteiger partial charge in [-0.3, -0.25) is 0 Å². The molecular weight excluding hydrogens is 256 g/mol. The third kappa shape index (κ3) is 3.80. The normalized spacial score (nSPS) is 14.9.